The van der Waals surface area contributed by atoms with Crippen LogP contribution < -0.4 is 9.64 Å². The molecule has 1 saturated carbocycles. The smallest absolute Gasteiger partial charge is 0.319 e. The number of anilines is 1. The number of halogens is 2. The second kappa shape index (κ2) is 11.4. The Morgan fingerprint density at radius 3 is 2.80 bits per heavy atom. The second-order valence-corrected chi connectivity index (χ2v) is 12.7. The summed E-state index contributed by atoms with van der Waals surface area (Å²) in [6, 6.07) is 8.34. The lowest BCUT2D eigenvalue weighted by atomic mass is 9.76. The number of fused-ring (bicyclic) bond motifs is 3. The van der Waals surface area contributed by atoms with Gasteiger partial charge in [0.1, 0.15) is 28.6 Å². The molecule has 1 N–H and O–H groups in total. The molecule has 1 aliphatic carbocycles. The number of likely N-dealkylation sites (tertiary alicyclic amines) is 1. The summed E-state index contributed by atoms with van der Waals surface area (Å²) in [6.45, 7) is 2.58. The molecule has 8 nitrogen and oxygen atoms in total. The fourth-order valence-electron chi connectivity index (χ4n) is 7.93. The summed E-state index contributed by atoms with van der Waals surface area (Å²) in [6.07, 6.45) is 14.2. The second-order valence-electron chi connectivity index (χ2n) is 12.7. The average molecular weight is 609 g/mol. The van der Waals surface area contributed by atoms with Gasteiger partial charge in [-0.05, 0) is 75.7 Å². The Kier molecular flexibility index (Phi) is 7.41. The molecule has 0 radical (unpaired) electrons. The van der Waals surface area contributed by atoms with Gasteiger partial charge in [-0.25, -0.2) is 8.78 Å². The predicted molar refractivity (Wildman–Crippen MR) is 168 cm³/mol. The SMILES string of the molecule is C#Cc1c(F)ccc2cc(O)cc(-c3ncc4c(N5CCCC(C#N)C5)nc(OCC56CCCC5N(C)CCC6)nc4c3F)c12. The molecule has 3 unspecified atom stereocenters. The van der Waals surface area contributed by atoms with Crippen molar-refractivity contribution < 1.29 is 18.6 Å². The Balaban J connectivity index is 1.38. The molecule has 4 aromatic rings. The number of piperidine rings is 2. The minimum Gasteiger partial charge on any atom is -0.508 e. The van der Waals surface area contributed by atoms with Crippen molar-refractivity contribution in [3.8, 4) is 41.4 Å². The first-order valence-corrected chi connectivity index (χ1v) is 15.6. The third-order valence-corrected chi connectivity index (χ3v) is 10.1. The fourth-order valence-corrected chi connectivity index (χ4v) is 7.93. The summed E-state index contributed by atoms with van der Waals surface area (Å²) in [7, 11) is 2.17. The summed E-state index contributed by atoms with van der Waals surface area (Å²) in [5, 5.41) is 21.3. The molecule has 3 fully saturated rings. The first-order valence-electron chi connectivity index (χ1n) is 15.6. The van der Waals surface area contributed by atoms with Crippen LogP contribution in [-0.4, -0.2) is 64.3 Å². The van der Waals surface area contributed by atoms with E-state index in [0.29, 0.717) is 42.3 Å². The standard InChI is InChI=1S/C35H34F2N6O2/c1-3-24-27(36)10-9-22-15-23(44)16-25(29(22)24)31-30(37)32-26(18-39-31)33(43-14-5-7-21(17-38)19-43)41-34(40-32)45-20-35-11-4-8-28(35)42(2)13-6-12-35/h1,9-10,15-16,18,21,28,44H,4-8,11-14,19-20H2,2H3. The summed E-state index contributed by atoms with van der Waals surface area (Å²) in [5.41, 5.74) is -0.0380. The number of pyridine rings is 1. The van der Waals surface area contributed by atoms with Crippen molar-refractivity contribution in [3.05, 3.63) is 47.7 Å². The van der Waals surface area contributed by atoms with Gasteiger partial charge in [0.15, 0.2) is 5.82 Å². The molecule has 7 rings (SSSR count). The first-order chi connectivity index (χ1) is 21.8. The van der Waals surface area contributed by atoms with Crippen molar-refractivity contribution in [1.82, 2.24) is 19.9 Å². The summed E-state index contributed by atoms with van der Waals surface area (Å²) in [5.74, 6) is 1.12. The third-order valence-electron chi connectivity index (χ3n) is 10.1. The minimum absolute atomic E-state index is 0.00420. The average Bonchev–Trinajstić information content (AvgIpc) is 3.49. The Morgan fingerprint density at radius 1 is 1.13 bits per heavy atom. The number of nitrogens with zero attached hydrogens (tertiary/aromatic N) is 6. The molecule has 0 bridgehead atoms. The summed E-state index contributed by atoms with van der Waals surface area (Å²) >= 11 is 0. The molecular weight excluding hydrogens is 574 g/mol. The maximum absolute atomic E-state index is 16.8. The first kappa shape index (κ1) is 29.2. The van der Waals surface area contributed by atoms with Crippen LogP contribution in [0.2, 0.25) is 0 Å². The van der Waals surface area contributed by atoms with Gasteiger partial charge in [-0.3, -0.25) is 4.98 Å². The van der Waals surface area contributed by atoms with Gasteiger partial charge >= 0.3 is 6.01 Å². The lowest BCUT2D eigenvalue weighted by molar-refractivity contribution is 0.0133. The quantitative estimate of drug-likeness (QED) is 0.268. The number of aromatic hydroxyl groups is 1. The van der Waals surface area contributed by atoms with Crippen LogP contribution in [0.25, 0.3) is 32.9 Å². The zero-order chi connectivity index (χ0) is 31.3. The zero-order valence-electron chi connectivity index (χ0n) is 25.2. The van der Waals surface area contributed by atoms with Gasteiger partial charge in [0, 0.05) is 41.7 Å². The number of ether oxygens (including phenoxy) is 1. The van der Waals surface area contributed by atoms with Crippen molar-refractivity contribution in [2.24, 2.45) is 11.3 Å². The predicted octanol–water partition coefficient (Wildman–Crippen LogP) is 6.19. The Labute approximate surface area is 260 Å². The number of rotatable bonds is 5. The highest BCUT2D eigenvalue weighted by Crippen LogP contribution is 2.47. The van der Waals surface area contributed by atoms with Crippen LogP contribution >= 0.6 is 0 Å². The van der Waals surface area contributed by atoms with E-state index in [9.17, 15) is 14.8 Å². The van der Waals surface area contributed by atoms with Gasteiger partial charge in [-0.1, -0.05) is 18.4 Å². The molecule has 45 heavy (non-hydrogen) atoms. The van der Waals surface area contributed by atoms with Gasteiger partial charge in [-0.15, -0.1) is 6.42 Å². The van der Waals surface area contributed by atoms with E-state index >= 15 is 4.39 Å². The maximum atomic E-state index is 16.8. The van der Waals surface area contributed by atoms with E-state index in [-0.39, 0.29) is 50.8 Å². The maximum Gasteiger partial charge on any atom is 0.319 e. The largest absolute Gasteiger partial charge is 0.508 e. The van der Waals surface area contributed by atoms with Crippen molar-refractivity contribution in [1.29, 1.82) is 5.26 Å². The highest BCUT2D eigenvalue weighted by molar-refractivity contribution is 6.03. The Morgan fingerprint density at radius 2 is 1.98 bits per heavy atom. The van der Waals surface area contributed by atoms with Gasteiger partial charge in [-0.2, -0.15) is 15.2 Å². The van der Waals surface area contributed by atoms with Gasteiger partial charge in [0.05, 0.1) is 29.5 Å². The fraction of sp³-hybridized carbons (Fsp3) is 0.429. The van der Waals surface area contributed by atoms with Crippen molar-refractivity contribution in [3.63, 3.8) is 0 Å². The van der Waals surface area contributed by atoms with Crippen LogP contribution in [-0.2, 0) is 0 Å². The molecule has 3 aliphatic rings. The number of aromatic nitrogens is 3. The number of hydrogen-bond donors (Lipinski definition) is 1. The van der Waals surface area contributed by atoms with Crippen LogP contribution in [0.5, 0.6) is 11.8 Å². The molecule has 3 atom stereocenters. The topological polar surface area (TPSA) is 98.4 Å². The van der Waals surface area contributed by atoms with Gasteiger partial charge in [0.2, 0.25) is 0 Å². The van der Waals surface area contributed by atoms with Crippen LogP contribution in [0.3, 0.4) is 0 Å². The molecule has 2 saturated heterocycles. The highest BCUT2D eigenvalue weighted by atomic mass is 19.1. The molecular formula is C35H34F2N6O2. The molecule has 10 heteroatoms. The van der Waals surface area contributed by atoms with Gasteiger partial charge in [0.25, 0.3) is 0 Å². The molecule has 2 aliphatic heterocycles. The normalized spacial score (nSPS) is 23.5. The van der Waals surface area contributed by atoms with Crippen LogP contribution in [0.1, 0.15) is 50.5 Å². The zero-order valence-corrected chi connectivity index (χ0v) is 25.2. The van der Waals surface area contributed by atoms with Crippen LogP contribution in [0.4, 0.5) is 14.6 Å². The van der Waals surface area contributed by atoms with Crippen molar-refractivity contribution in [2.75, 3.05) is 38.2 Å². The van der Waals surface area contributed by atoms with E-state index in [1.807, 2.05) is 4.90 Å². The van der Waals surface area contributed by atoms with E-state index in [0.717, 1.165) is 51.5 Å². The Hall–Kier alpha value is -4.54. The van der Waals surface area contributed by atoms with E-state index in [4.69, 9.17) is 16.1 Å². The van der Waals surface area contributed by atoms with E-state index in [1.165, 1.54) is 30.5 Å². The third kappa shape index (κ3) is 4.98. The number of phenolic OH excluding ortho intramolecular Hbond substituents is 1. The summed E-state index contributed by atoms with van der Waals surface area (Å²) < 4.78 is 38.0. The van der Waals surface area contributed by atoms with Crippen LogP contribution in [0.15, 0.2) is 30.5 Å². The van der Waals surface area contributed by atoms with E-state index in [1.54, 1.807) is 0 Å². The van der Waals surface area contributed by atoms with E-state index < -0.39 is 11.6 Å². The summed E-state index contributed by atoms with van der Waals surface area (Å²) in [4.78, 5) is 18.3. The monoisotopic (exact) mass is 608 g/mol. The lowest BCUT2D eigenvalue weighted by Crippen LogP contribution is -2.50. The molecule has 2 aromatic heterocycles. The molecule has 2 aromatic carbocycles. The van der Waals surface area contributed by atoms with Crippen molar-refractivity contribution >= 4 is 27.5 Å². The molecule has 4 heterocycles. The molecule has 0 amide bonds. The number of benzene rings is 2. The molecule has 230 valence electrons. The minimum atomic E-state index is -0.761. The highest BCUT2D eigenvalue weighted by Gasteiger charge is 2.47. The molecule has 0 spiro atoms. The van der Waals surface area contributed by atoms with E-state index in [2.05, 4.69) is 33.9 Å². The number of nitriles is 1. The Bertz CT molecular complexity index is 1900. The lowest BCUT2D eigenvalue weighted by Gasteiger charge is -2.44. The number of phenols is 1. The van der Waals surface area contributed by atoms with Crippen molar-refractivity contribution in [2.45, 2.75) is 51.0 Å². The van der Waals surface area contributed by atoms with Crippen LogP contribution in [0, 0.1) is 46.6 Å². The number of terminal acetylenes is 1. The number of hydrogen-bond acceptors (Lipinski definition) is 8. The van der Waals surface area contributed by atoms with Gasteiger partial charge < -0.3 is 19.6 Å².